The molecule has 0 bridgehead atoms. The highest BCUT2D eigenvalue weighted by Gasteiger charge is 2.22. The molecule has 0 aliphatic carbocycles. The van der Waals surface area contributed by atoms with Crippen LogP contribution in [0.25, 0.3) is 0 Å². The summed E-state index contributed by atoms with van der Waals surface area (Å²) in [7, 11) is 0. The van der Waals surface area contributed by atoms with E-state index >= 15 is 0 Å². The topological polar surface area (TPSA) is 29.3 Å². The molecule has 1 fully saturated rings. The molecule has 1 aromatic carbocycles. The molecule has 1 heterocycles. The molecule has 0 spiro atoms. The van der Waals surface area contributed by atoms with E-state index in [1.54, 1.807) is 0 Å². The molecule has 1 aromatic rings. The van der Waals surface area contributed by atoms with Crippen molar-refractivity contribution in [2.24, 2.45) is 5.73 Å². The number of rotatable bonds is 4. The van der Waals surface area contributed by atoms with Gasteiger partial charge in [0.25, 0.3) is 0 Å². The van der Waals surface area contributed by atoms with E-state index in [0.717, 1.165) is 13.0 Å². The van der Waals surface area contributed by atoms with Crippen molar-refractivity contribution in [3.8, 4) is 0 Å². The zero-order chi connectivity index (χ0) is 11.4. The lowest BCUT2D eigenvalue weighted by molar-refractivity contribution is 0.244. The van der Waals surface area contributed by atoms with Crippen LogP contribution >= 0.6 is 0 Å². The molecule has 1 aliphatic heterocycles. The van der Waals surface area contributed by atoms with Gasteiger partial charge in [-0.1, -0.05) is 30.3 Å². The Balaban J connectivity index is 1.78. The number of nitrogens with two attached hydrogens (primary N) is 1. The molecule has 1 saturated heterocycles. The lowest BCUT2D eigenvalue weighted by Gasteiger charge is -2.23. The molecule has 16 heavy (non-hydrogen) atoms. The van der Waals surface area contributed by atoms with E-state index in [1.165, 1.54) is 24.9 Å². The molecule has 0 amide bonds. The second-order valence-corrected chi connectivity index (χ2v) is 4.92. The SMILES string of the molecule is CC(CCc1ccccc1)N1CCC(N)C1. The molecule has 2 heteroatoms. The monoisotopic (exact) mass is 218 g/mol. The summed E-state index contributed by atoms with van der Waals surface area (Å²) in [5.41, 5.74) is 7.37. The lowest BCUT2D eigenvalue weighted by atomic mass is 10.1. The molecular formula is C14H22N2. The maximum Gasteiger partial charge on any atom is 0.0180 e. The fraction of sp³-hybridized carbons (Fsp3) is 0.571. The van der Waals surface area contributed by atoms with Gasteiger partial charge in [0.15, 0.2) is 0 Å². The van der Waals surface area contributed by atoms with E-state index in [0.29, 0.717) is 12.1 Å². The Kier molecular flexibility index (Phi) is 3.97. The predicted molar refractivity (Wildman–Crippen MR) is 68.4 cm³/mol. The van der Waals surface area contributed by atoms with Crippen LogP contribution in [0.3, 0.4) is 0 Å². The van der Waals surface area contributed by atoms with E-state index in [9.17, 15) is 0 Å². The van der Waals surface area contributed by atoms with Crippen molar-refractivity contribution in [1.29, 1.82) is 0 Å². The molecule has 1 aliphatic rings. The second-order valence-electron chi connectivity index (χ2n) is 4.92. The van der Waals surface area contributed by atoms with Gasteiger partial charge in [-0.15, -0.1) is 0 Å². The Bertz CT molecular complexity index is 310. The number of hydrogen-bond donors (Lipinski definition) is 1. The third-order valence-electron chi connectivity index (χ3n) is 3.57. The van der Waals surface area contributed by atoms with Gasteiger partial charge < -0.3 is 5.73 Å². The fourth-order valence-corrected chi connectivity index (χ4v) is 2.42. The number of nitrogens with zero attached hydrogens (tertiary/aromatic N) is 1. The van der Waals surface area contributed by atoms with Crippen molar-refractivity contribution in [3.63, 3.8) is 0 Å². The molecule has 88 valence electrons. The van der Waals surface area contributed by atoms with Crippen molar-refractivity contribution in [1.82, 2.24) is 4.90 Å². The van der Waals surface area contributed by atoms with Crippen LogP contribution in [-0.4, -0.2) is 30.1 Å². The summed E-state index contributed by atoms with van der Waals surface area (Å²) in [5, 5.41) is 0. The second kappa shape index (κ2) is 5.46. The van der Waals surface area contributed by atoms with Gasteiger partial charge in [0.1, 0.15) is 0 Å². The first-order chi connectivity index (χ1) is 7.75. The smallest absolute Gasteiger partial charge is 0.0180 e. The minimum Gasteiger partial charge on any atom is -0.326 e. The molecule has 2 nitrogen and oxygen atoms in total. The molecule has 0 radical (unpaired) electrons. The zero-order valence-corrected chi connectivity index (χ0v) is 10.1. The van der Waals surface area contributed by atoms with Crippen LogP contribution in [0.1, 0.15) is 25.3 Å². The minimum atomic E-state index is 0.402. The van der Waals surface area contributed by atoms with E-state index in [-0.39, 0.29) is 0 Å². The van der Waals surface area contributed by atoms with Gasteiger partial charge in [-0.3, -0.25) is 4.90 Å². The van der Waals surface area contributed by atoms with Crippen molar-refractivity contribution >= 4 is 0 Å². The quantitative estimate of drug-likeness (QED) is 0.838. The van der Waals surface area contributed by atoms with Crippen LogP contribution < -0.4 is 5.73 Å². The highest BCUT2D eigenvalue weighted by Crippen LogP contribution is 2.15. The molecule has 2 rings (SSSR count). The van der Waals surface area contributed by atoms with E-state index < -0.39 is 0 Å². The Morgan fingerprint density at radius 2 is 2.12 bits per heavy atom. The fourth-order valence-electron chi connectivity index (χ4n) is 2.42. The maximum absolute atomic E-state index is 5.93. The maximum atomic E-state index is 5.93. The van der Waals surface area contributed by atoms with E-state index in [2.05, 4.69) is 42.2 Å². The van der Waals surface area contributed by atoms with Crippen LogP contribution in [-0.2, 0) is 6.42 Å². The van der Waals surface area contributed by atoms with Crippen LogP contribution in [0.2, 0.25) is 0 Å². The first-order valence-electron chi connectivity index (χ1n) is 6.29. The van der Waals surface area contributed by atoms with Gasteiger partial charge >= 0.3 is 0 Å². The average molecular weight is 218 g/mol. The summed E-state index contributed by atoms with van der Waals surface area (Å²) in [6, 6.07) is 11.8. The average Bonchev–Trinajstić information content (AvgIpc) is 2.74. The minimum absolute atomic E-state index is 0.402. The van der Waals surface area contributed by atoms with Gasteiger partial charge in [0.2, 0.25) is 0 Å². The molecule has 2 atom stereocenters. The van der Waals surface area contributed by atoms with Gasteiger partial charge in [-0.25, -0.2) is 0 Å². The van der Waals surface area contributed by atoms with Gasteiger partial charge in [-0.05, 0) is 38.3 Å². The van der Waals surface area contributed by atoms with Gasteiger partial charge in [0.05, 0.1) is 0 Å². The largest absolute Gasteiger partial charge is 0.326 e. The lowest BCUT2D eigenvalue weighted by Crippen LogP contribution is -2.33. The summed E-state index contributed by atoms with van der Waals surface area (Å²) >= 11 is 0. The van der Waals surface area contributed by atoms with Crippen molar-refractivity contribution in [2.45, 2.75) is 38.3 Å². The normalized spacial score (nSPS) is 23.5. The number of benzene rings is 1. The number of likely N-dealkylation sites (tertiary alicyclic amines) is 1. The third-order valence-corrected chi connectivity index (χ3v) is 3.57. The van der Waals surface area contributed by atoms with Crippen LogP contribution in [0.4, 0.5) is 0 Å². The van der Waals surface area contributed by atoms with Crippen molar-refractivity contribution < 1.29 is 0 Å². The highest BCUT2D eigenvalue weighted by molar-refractivity contribution is 5.14. The van der Waals surface area contributed by atoms with E-state index in [1.807, 2.05) is 0 Å². The molecule has 0 aromatic heterocycles. The predicted octanol–water partition coefficient (Wildman–Crippen LogP) is 2.04. The summed E-state index contributed by atoms with van der Waals surface area (Å²) < 4.78 is 0. The van der Waals surface area contributed by atoms with Gasteiger partial charge in [0, 0.05) is 18.6 Å². The molecule has 0 saturated carbocycles. The van der Waals surface area contributed by atoms with Crippen LogP contribution in [0.5, 0.6) is 0 Å². The van der Waals surface area contributed by atoms with Gasteiger partial charge in [-0.2, -0.15) is 0 Å². The van der Waals surface area contributed by atoms with Crippen LogP contribution in [0.15, 0.2) is 30.3 Å². The first-order valence-corrected chi connectivity index (χ1v) is 6.29. The summed E-state index contributed by atoms with van der Waals surface area (Å²) in [4.78, 5) is 2.52. The summed E-state index contributed by atoms with van der Waals surface area (Å²) in [6.45, 7) is 4.58. The number of hydrogen-bond acceptors (Lipinski definition) is 2. The summed E-state index contributed by atoms with van der Waals surface area (Å²) in [5.74, 6) is 0. The van der Waals surface area contributed by atoms with Crippen molar-refractivity contribution in [2.75, 3.05) is 13.1 Å². The highest BCUT2D eigenvalue weighted by atomic mass is 15.2. The molecular weight excluding hydrogens is 196 g/mol. The van der Waals surface area contributed by atoms with Crippen molar-refractivity contribution in [3.05, 3.63) is 35.9 Å². The first kappa shape index (κ1) is 11.6. The Labute approximate surface area is 98.4 Å². The summed E-state index contributed by atoms with van der Waals surface area (Å²) in [6.07, 6.45) is 3.57. The standard InChI is InChI=1S/C14H22N2/c1-12(16-10-9-14(15)11-16)7-8-13-5-3-2-4-6-13/h2-6,12,14H,7-11,15H2,1H3. The Morgan fingerprint density at radius 3 is 2.75 bits per heavy atom. The third kappa shape index (κ3) is 3.06. The van der Waals surface area contributed by atoms with Crippen LogP contribution in [0, 0.1) is 0 Å². The van der Waals surface area contributed by atoms with E-state index in [4.69, 9.17) is 5.73 Å². The zero-order valence-electron chi connectivity index (χ0n) is 10.1. The molecule has 2 unspecified atom stereocenters. The Morgan fingerprint density at radius 1 is 1.38 bits per heavy atom. The molecule has 2 N–H and O–H groups in total. The Hall–Kier alpha value is -0.860. The number of aryl methyl sites for hydroxylation is 1.